The van der Waals surface area contributed by atoms with Gasteiger partial charge in [0.2, 0.25) is 0 Å². The summed E-state index contributed by atoms with van der Waals surface area (Å²) in [6.45, 7) is 2.38. The Labute approximate surface area is 196 Å². The second kappa shape index (κ2) is 10.1. The standard InChI is InChI=1S/C22H22F6N4O3/c1-11(14-6-5-7-18(32-14)21(23,24)25)29-20-13-8-17(35-10-19(34-4)22(26,27)28)16(33-3)9-15(13)30-12(2)31-20/h5-9,11,19H,10H2,1-4H3,(H,29,30,31)/t11-,19?/m1/s1. The Kier molecular flexibility index (Phi) is 7.58. The highest BCUT2D eigenvalue weighted by Crippen LogP contribution is 2.36. The SMILES string of the molecule is COc1cc2nc(C)nc(N[C@H](C)c3cccc(C(F)(F)F)n3)c2cc1OCC(OC)C(F)(F)F. The zero-order valence-electron chi connectivity index (χ0n) is 19.1. The average Bonchev–Trinajstić information content (AvgIpc) is 2.77. The number of hydrogen-bond acceptors (Lipinski definition) is 7. The first kappa shape index (κ1) is 26.3. The van der Waals surface area contributed by atoms with E-state index in [2.05, 4.69) is 25.0 Å². The number of nitrogens with zero attached hydrogens (tertiary/aromatic N) is 3. The Morgan fingerprint density at radius 2 is 1.69 bits per heavy atom. The number of methoxy groups -OCH3 is 2. The summed E-state index contributed by atoms with van der Waals surface area (Å²) in [7, 11) is 2.24. The fourth-order valence-corrected chi connectivity index (χ4v) is 3.23. The van der Waals surface area contributed by atoms with Gasteiger partial charge in [-0.2, -0.15) is 26.3 Å². The van der Waals surface area contributed by atoms with E-state index >= 15 is 0 Å². The summed E-state index contributed by atoms with van der Waals surface area (Å²) in [5, 5.41) is 3.36. The Bertz CT molecular complexity index is 1190. The third kappa shape index (κ3) is 6.21. The van der Waals surface area contributed by atoms with Crippen LogP contribution < -0.4 is 14.8 Å². The first-order valence-electron chi connectivity index (χ1n) is 10.2. The van der Waals surface area contributed by atoms with Crippen molar-refractivity contribution < 1.29 is 40.6 Å². The van der Waals surface area contributed by atoms with Gasteiger partial charge < -0.3 is 19.5 Å². The molecule has 0 aliphatic carbocycles. The Hall–Kier alpha value is -3.35. The molecule has 0 amide bonds. The molecule has 0 aliphatic rings. The monoisotopic (exact) mass is 504 g/mol. The molecule has 7 nitrogen and oxygen atoms in total. The molecule has 13 heteroatoms. The molecule has 0 fully saturated rings. The number of benzene rings is 1. The van der Waals surface area contributed by atoms with Crippen LogP contribution in [0.3, 0.4) is 0 Å². The lowest BCUT2D eigenvalue weighted by Gasteiger charge is -2.21. The van der Waals surface area contributed by atoms with Crippen LogP contribution in [-0.2, 0) is 10.9 Å². The molecule has 3 rings (SSSR count). The molecule has 1 unspecified atom stereocenters. The fraction of sp³-hybridized carbons (Fsp3) is 0.409. The minimum atomic E-state index is -4.64. The number of alkyl halides is 6. The van der Waals surface area contributed by atoms with Gasteiger partial charge in [0.15, 0.2) is 17.6 Å². The molecule has 1 aromatic carbocycles. The zero-order valence-corrected chi connectivity index (χ0v) is 19.1. The molecule has 1 N–H and O–H groups in total. The number of rotatable bonds is 8. The van der Waals surface area contributed by atoms with Crippen molar-refractivity contribution in [1.82, 2.24) is 15.0 Å². The van der Waals surface area contributed by atoms with Gasteiger partial charge in [0.05, 0.1) is 24.4 Å². The van der Waals surface area contributed by atoms with Gasteiger partial charge in [-0.05, 0) is 32.0 Å². The summed E-state index contributed by atoms with van der Waals surface area (Å²) >= 11 is 0. The van der Waals surface area contributed by atoms with Gasteiger partial charge >= 0.3 is 12.4 Å². The molecule has 3 aromatic rings. The van der Waals surface area contributed by atoms with Gasteiger partial charge in [-0.15, -0.1) is 0 Å². The lowest BCUT2D eigenvalue weighted by molar-refractivity contribution is -0.219. The van der Waals surface area contributed by atoms with Gasteiger partial charge in [0.25, 0.3) is 0 Å². The van der Waals surface area contributed by atoms with E-state index in [0.29, 0.717) is 16.7 Å². The van der Waals surface area contributed by atoms with Crippen molar-refractivity contribution in [3.05, 3.63) is 47.5 Å². The van der Waals surface area contributed by atoms with E-state index in [0.717, 1.165) is 13.2 Å². The molecule has 35 heavy (non-hydrogen) atoms. The van der Waals surface area contributed by atoms with Crippen LogP contribution in [0.1, 0.15) is 30.2 Å². The summed E-state index contributed by atoms with van der Waals surface area (Å²) in [6, 6.07) is 5.70. The predicted molar refractivity (Wildman–Crippen MR) is 114 cm³/mol. The van der Waals surface area contributed by atoms with Gasteiger partial charge in [-0.25, -0.2) is 15.0 Å². The van der Waals surface area contributed by atoms with E-state index in [1.54, 1.807) is 13.8 Å². The van der Waals surface area contributed by atoms with E-state index in [-0.39, 0.29) is 23.0 Å². The molecule has 2 aromatic heterocycles. The fourth-order valence-electron chi connectivity index (χ4n) is 3.23. The van der Waals surface area contributed by atoms with Crippen LogP contribution in [0.25, 0.3) is 10.9 Å². The predicted octanol–water partition coefficient (Wildman–Crippen LogP) is 5.49. The van der Waals surface area contributed by atoms with Crippen molar-refractivity contribution in [2.75, 3.05) is 26.1 Å². The highest BCUT2D eigenvalue weighted by Gasteiger charge is 2.40. The summed E-state index contributed by atoms with van der Waals surface area (Å²) in [6.07, 6.45) is -11.4. The highest BCUT2D eigenvalue weighted by atomic mass is 19.4. The van der Waals surface area contributed by atoms with Gasteiger partial charge in [-0.3, -0.25) is 0 Å². The molecule has 0 saturated heterocycles. The summed E-state index contributed by atoms with van der Waals surface area (Å²) in [5.74, 6) is 0.681. The third-order valence-electron chi connectivity index (χ3n) is 4.99. The third-order valence-corrected chi connectivity index (χ3v) is 4.99. The number of ether oxygens (including phenoxy) is 3. The summed E-state index contributed by atoms with van der Waals surface area (Å²) < 4.78 is 93.3. The van der Waals surface area contributed by atoms with Crippen molar-refractivity contribution in [1.29, 1.82) is 0 Å². The zero-order chi connectivity index (χ0) is 26.0. The number of fused-ring (bicyclic) bond motifs is 1. The second-order valence-electron chi connectivity index (χ2n) is 7.53. The van der Waals surface area contributed by atoms with E-state index in [9.17, 15) is 26.3 Å². The van der Waals surface area contributed by atoms with E-state index in [1.165, 1.54) is 31.4 Å². The molecule has 0 radical (unpaired) electrons. The summed E-state index contributed by atoms with van der Waals surface area (Å²) in [5.41, 5.74) is -0.542. The first-order chi connectivity index (χ1) is 16.3. The molecule has 0 saturated carbocycles. The smallest absolute Gasteiger partial charge is 0.433 e. The van der Waals surface area contributed by atoms with Gasteiger partial charge in [-0.1, -0.05) is 6.07 Å². The van der Waals surface area contributed by atoms with Crippen molar-refractivity contribution >= 4 is 16.7 Å². The molecule has 0 spiro atoms. The number of halogens is 6. The summed E-state index contributed by atoms with van der Waals surface area (Å²) in [4.78, 5) is 12.3. The van der Waals surface area contributed by atoms with E-state index < -0.39 is 36.8 Å². The van der Waals surface area contributed by atoms with Crippen LogP contribution in [0.2, 0.25) is 0 Å². The lowest BCUT2D eigenvalue weighted by atomic mass is 10.1. The average molecular weight is 504 g/mol. The van der Waals surface area contributed by atoms with Crippen molar-refractivity contribution in [3.8, 4) is 11.5 Å². The van der Waals surface area contributed by atoms with Crippen molar-refractivity contribution in [2.24, 2.45) is 0 Å². The van der Waals surface area contributed by atoms with Crippen LogP contribution in [0.5, 0.6) is 11.5 Å². The van der Waals surface area contributed by atoms with Gasteiger partial charge in [0.1, 0.15) is 23.9 Å². The topological polar surface area (TPSA) is 78.4 Å². The number of pyridine rings is 1. The maximum absolute atomic E-state index is 13.1. The van der Waals surface area contributed by atoms with E-state index in [4.69, 9.17) is 9.47 Å². The maximum atomic E-state index is 13.1. The van der Waals surface area contributed by atoms with E-state index in [1.807, 2.05) is 0 Å². The quantitative estimate of drug-likeness (QED) is 0.407. The Morgan fingerprint density at radius 1 is 0.971 bits per heavy atom. The van der Waals surface area contributed by atoms with Crippen molar-refractivity contribution in [2.45, 2.75) is 38.3 Å². The number of hydrogen-bond donors (Lipinski definition) is 1. The van der Waals surface area contributed by atoms with Crippen molar-refractivity contribution in [3.63, 3.8) is 0 Å². The maximum Gasteiger partial charge on any atom is 0.433 e. The molecular formula is C22H22F6N4O3. The van der Waals surface area contributed by atoms with Crippen LogP contribution in [-0.4, -0.2) is 48.1 Å². The molecule has 0 bridgehead atoms. The second-order valence-corrected chi connectivity index (χ2v) is 7.53. The number of aryl methyl sites for hydroxylation is 1. The van der Waals surface area contributed by atoms with Crippen LogP contribution >= 0.6 is 0 Å². The van der Waals surface area contributed by atoms with Crippen LogP contribution in [0.4, 0.5) is 32.2 Å². The van der Waals surface area contributed by atoms with Crippen LogP contribution in [0, 0.1) is 6.92 Å². The largest absolute Gasteiger partial charge is 0.493 e. The van der Waals surface area contributed by atoms with Crippen LogP contribution in [0.15, 0.2) is 30.3 Å². The minimum absolute atomic E-state index is 0.0216. The molecule has 2 atom stereocenters. The Balaban J connectivity index is 1.97. The minimum Gasteiger partial charge on any atom is -0.493 e. The molecular weight excluding hydrogens is 482 g/mol. The highest BCUT2D eigenvalue weighted by molar-refractivity contribution is 5.92. The molecule has 2 heterocycles. The molecule has 190 valence electrons. The number of nitrogens with one attached hydrogen (secondary N) is 1. The molecule has 0 aliphatic heterocycles. The Morgan fingerprint density at radius 3 is 2.29 bits per heavy atom. The van der Waals surface area contributed by atoms with Gasteiger partial charge in [0, 0.05) is 18.6 Å². The lowest BCUT2D eigenvalue weighted by Crippen LogP contribution is -2.36. The normalized spacial score (nSPS) is 14.0. The first-order valence-corrected chi connectivity index (χ1v) is 10.2. The number of anilines is 1. The number of aromatic nitrogens is 3.